The Morgan fingerprint density at radius 2 is 1.83 bits per heavy atom. The number of aromatic nitrogens is 2. The third kappa shape index (κ3) is 2.50. The number of hydrogen-bond acceptors (Lipinski definition) is 5. The highest BCUT2D eigenvalue weighted by atomic mass is 32.1. The SMILES string of the molecule is O=C(Nc1ccc(-c2csnn2)cc1)[C@@H]1[C@@H](C(=O)O)[C@H]2C=C[C@@H]1C2. The highest BCUT2D eigenvalue weighted by Crippen LogP contribution is 2.48. The van der Waals surface area contributed by atoms with Gasteiger partial charge in [-0.25, -0.2) is 0 Å². The summed E-state index contributed by atoms with van der Waals surface area (Å²) in [5.74, 6) is -2.24. The van der Waals surface area contributed by atoms with Gasteiger partial charge in [-0.3, -0.25) is 9.59 Å². The fourth-order valence-electron chi connectivity index (χ4n) is 3.76. The Labute approximate surface area is 142 Å². The van der Waals surface area contributed by atoms with Crippen LogP contribution in [0.2, 0.25) is 0 Å². The first kappa shape index (κ1) is 15.0. The lowest BCUT2D eigenvalue weighted by atomic mass is 9.82. The van der Waals surface area contributed by atoms with Gasteiger partial charge in [0.1, 0.15) is 5.69 Å². The summed E-state index contributed by atoms with van der Waals surface area (Å²) in [5.41, 5.74) is 2.37. The number of hydrogen-bond donors (Lipinski definition) is 2. The van der Waals surface area contributed by atoms with Crippen molar-refractivity contribution in [3.63, 3.8) is 0 Å². The second kappa shape index (κ2) is 5.83. The van der Waals surface area contributed by atoms with Gasteiger partial charge in [0, 0.05) is 16.6 Å². The Morgan fingerprint density at radius 3 is 2.46 bits per heavy atom. The number of nitrogens with zero attached hydrogens (tertiary/aromatic N) is 2. The van der Waals surface area contributed by atoms with E-state index < -0.39 is 17.8 Å². The topological polar surface area (TPSA) is 92.2 Å². The second-order valence-corrected chi connectivity index (χ2v) is 6.80. The fraction of sp³-hybridized carbons (Fsp3) is 0.294. The van der Waals surface area contributed by atoms with Crippen LogP contribution in [-0.2, 0) is 9.59 Å². The van der Waals surface area contributed by atoms with Crippen molar-refractivity contribution in [3.05, 3.63) is 41.8 Å². The van der Waals surface area contributed by atoms with E-state index in [0.717, 1.165) is 17.7 Å². The molecular formula is C17H15N3O3S. The van der Waals surface area contributed by atoms with Gasteiger partial charge in [0.05, 0.1) is 11.8 Å². The lowest BCUT2D eigenvalue weighted by Crippen LogP contribution is -2.36. The summed E-state index contributed by atoms with van der Waals surface area (Å²) in [4.78, 5) is 24.1. The van der Waals surface area contributed by atoms with E-state index >= 15 is 0 Å². The van der Waals surface area contributed by atoms with Crippen LogP contribution in [0.1, 0.15) is 6.42 Å². The zero-order valence-corrected chi connectivity index (χ0v) is 13.4. The van der Waals surface area contributed by atoms with Gasteiger partial charge in [-0.15, -0.1) is 5.10 Å². The lowest BCUT2D eigenvalue weighted by molar-refractivity contribution is -0.146. The molecule has 0 radical (unpaired) electrons. The number of carbonyl (C=O) groups excluding carboxylic acids is 1. The van der Waals surface area contributed by atoms with E-state index in [1.807, 2.05) is 29.7 Å². The van der Waals surface area contributed by atoms with Crippen LogP contribution in [0, 0.1) is 23.7 Å². The number of anilines is 1. The molecule has 2 bridgehead atoms. The van der Waals surface area contributed by atoms with Crippen LogP contribution in [0.15, 0.2) is 41.8 Å². The summed E-state index contributed by atoms with van der Waals surface area (Å²) in [7, 11) is 0. The first-order chi connectivity index (χ1) is 11.6. The zero-order chi connectivity index (χ0) is 16.7. The Morgan fingerprint density at radius 1 is 1.12 bits per heavy atom. The monoisotopic (exact) mass is 341 g/mol. The van der Waals surface area contributed by atoms with Crippen molar-refractivity contribution >= 4 is 29.1 Å². The van der Waals surface area contributed by atoms with Crippen LogP contribution in [0.4, 0.5) is 5.69 Å². The quantitative estimate of drug-likeness (QED) is 0.834. The number of nitrogens with one attached hydrogen (secondary N) is 1. The van der Waals surface area contributed by atoms with E-state index in [0.29, 0.717) is 5.69 Å². The molecule has 0 spiro atoms. The molecule has 0 unspecified atom stereocenters. The molecule has 7 heteroatoms. The van der Waals surface area contributed by atoms with Crippen LogP contribution in [0.25, 0.3) is 11.3 Å². The molecule has 0 saturated heterocycles. The maximum absolute atomic E-state index is 12.6. The third-order valence-corrected chi connectivity index (χ3v) is 5.36. The van der Waals surface area contributed by atoms with Crippen LogP contribution in [0.3, 0.4) is 0 Å². The number of allylic oxidation sites excluding steroid dienone is 2. The lowest BCUT2D eigenvalue weighted by Gasteiger charge is -2.23. The van der Waals surface area contributed by atoms with Crippen LogP contribution in [0.5, 0.6) is 0 Å². The van der Waals surface area contributed by atoms with E-state index in [1.165, 1.54) is 11.5 Å². The predicted octanol–water partition coefficient (Wildman–Crippen LogP) is 2.67. The Kier molecular flexibility index (Phi) is 3.65. The smallest absolute Gasteiger partial charge is 0.307 e. The summed E-state index contributed by atoms with van der Waals surface area (Å²) >= 11 is 1.28. The van der Waals surface area contributed by atoms with Crippen molar-refractivity contribution in [3.8, 4) is 11.3 Å². The molecule has 0 aliphatic heterocycles. The van der Waals surface area contributed by atoms with E-state index in [2.05, 4.69) is 14.9 Å². The largest absolute Gasteiger partial charge is 0.481 e. The summed E-state index contributed by atoms with van der Waals surface area (Å²) in [6, 6.07) is 7.32. The van der Waals surface area contributed by atoms with E-state index in [-0.39, 0.29) is 17.7 Å². The fourth-order valence-corrected chi connectivity index (χ4v) is 4.22. The molecule has 2 N–H and O–H groups in total. The normalized spacial score (nSPS) is 27.3. The molecule has 1 amide bonds. The van der Waals surface area contributed by atoms with Gasteiger partial charge >= 0.3 is 5.97 Å². The number of carbonyl (C=O) groups is 2. The highest BCUT2D eigenvalue weighted by molar-refractivity contribution is 7.03. The number of carboxylic acid groups (broad SMARTS) is 1. The number of aliphatic carboxylic acids is 1. The van der Waals surface area contributed by atoms with Crippen molar-refractivity contribution < 1.29 is 14.7 Å². The average Bonchev–Trinajstić information content (AvgIpc) is 3.31. The van der Waals surface area contributed by atoms with Crippen LogP contribution >= 0.6 is 11.5 Å². The van der Waals surface area contributed by atoms with Gasteiger partial charge < -0.3 is 10.4 Å². The minimum Gasteiger partial charge on any atom is -0.481 e. The van der Waals surface area contributed by atoms with Gasteiger partial charge in [-0.2, -0.15) is 0 Å². The van der Waals surface area contributed by atoms with Crippen molar-refractivity contribution in [1.82, 2.24) is 9.59 Å². The molecule has 1 heterocycles. The average molecular weight is 341 g/mol. The third-order valence-electron chi connectivity index (χ3n) is 4.86. The van der Waals surface area contributed by atoms with Crippen LogP contribution < -0.4 is 5.32 Å². The van der Waals surface area contributed by atoms with Crippen molar-refractivity contribution in [2.75, 3.05) is 5.32 Å². The number of fused-ring (bicyclic) bond motifs is 2. The summed E-state index contributed by atoms with van der Waals surface area (Å²) in [6.07, 6.45) is 4.67. The van der Waals surface area contributed by atoms with Gasteiger partial charge in [0.25, 0.3) is 0 Å². The van der Waals surface area contributed by atoms with E-state index in [4.69, 9.17) is 0 Å². The molecule has 122 valence electrons. The minimum absolute atomic E-state index is 0.0245. The molecule has 24 heavy (non-hydrogen) atoms. The standard InChI is InChI=1S/C17H15N3O3S/c21-16(14-10-1-2-11(7-10)15(14)17(22)23)18-12-5-3-9(4-6-12)13-8-24-20-19-13/h1-6,8,10-11,14-15H,7H2,(H,18,21)(H,22,23)/t10-,11+,14+,15+/m1/s1. The molecular weight excluding hydrogens is 326 g/mol. The zero-order valence-electron chi connectivity index (χ0n) is 12.6. The van der Waals surface area contributed by atoms with Crippen molar-refractivity contribution in [1.29, 1.82) is 0 Å². The Bertz CT molecular complexity index is 801. The minimum atomic E-state index is -0.890. The van der Waals surface area contributed by atoms with Gasteiger partial charge in [-0.05, 0) is 41.9 Å². The second-order valence-electron chi connectivity index (χ2n) is 6.19. The van der Waals surface area contributed by atoms with Crippen molar-refractivity contribution in [2.45, 2.75) is 6.42 Å². The van der Waals surface area contributed by atoms with Gasteiger partial charge in [-0.1, -0.05) is 28.8 Å². The van der Waals surface area contributed by atoms with Gasteiger partial charge in [0.15, 0.2) is 0 Å². The molecule has 1 aromatic heterocycles. The molecule has 4 rings (SSSR count). The Balaban J connectivity index is 1.50. The molecule has 1 saturated carbocycles. The van der Waals surface area contributed by atoms with Crippen LogP contribution in [-0.4, -0.2) is 26.6 Å². The molecule has 6 nitrogen and oxygen atoms in total. The van der Waals surface area contributed by atoms with E-state index in [9.17, 15) is 14.7 Å². The maximum Gasteiger partial charge on any atom is 0.307 e. The Hall–Kier alpha value is -2.54. The molecule has 1 aromatic carbocycles. The number of rotatable bonds is 4. The molecule has 2 aliphatic rings. The molecule has 2 aromatic rings. The first-order valence-electron chi connectivity index (χ1n) is 7.73. The number of amides is 1. The number of carboxylic acids is 1. The summed E-state index contributed by atoms with van der Waals surface area (Å²) in [5, 5.41) is 18.2. The first-order valence-corrected chi connectivity index (χ1v) is 8.56. The molecule has 4 atom stereocenters. The van der Waals surface area contributed by atoms with E-state index in [1.54, 1.807) is 12.1 Å². The molecule has 1 fully saturated rings. The van der Waals surface area contributed by atoms with Crippen molar-refractivity contribution in [2.24, 2.45) is 23.7 Å². The highest BCUT2D eigenvalue weighted by Gasteiger charge is 2.51. The molecule has 2 aliphatic carbocycles. The number of benzene rings is 1. The van der Waals surface area contributed by atoms with Gasteiger partial charge in [0.2, 0.25) is 5.91 Å². The maximum atomic E-state index is 12.6. The summed E-state index contributed by atoms with van der Waals surface area (Å²) < 4.78 is 3.83. The summed E-state index contributed by atoms with van der Waals surface area (Å²) in [6.45, 7) is 0. The predicted molar refractivity (Wildman–Crippen MR) is 89.3 cm³/mol.